The molecule has 2 unspecified atom stereocenters. The minimum absolute atomic E-state index is 0.152. The van der Waals surface area contributed by atoms with Gasteiger partial charge in [-0.15, -0.1) is 0 Å². The summed E-state index contributed by atoms with van der Waals surface area (Å²) >= 11 is 0. The van der Waals surface area contributed by atoms with E-state index < -0.39 is 35.5 Å². The number of carboxylic acids is 1. The van der Waals surface area contributed by atoms with Gasteiger partial charge in [0.05, 0.1) is 6.33 Å². The summed E-state index contributed by atoms with van der Waals surface area (Å²) in [5, 5.41) is 14.9. The highest BCUT2D eigenvalue weighted by Crippen LogP contribution is 2.40. The third kappa shape index (κ3) is 4.20. The minimum atomic E-state index is -1.52. The maximum Gasteiger partial charge on any atom is 0.339 e. The van der Waals surface area contributed by atoms with E-state index in [2.05, 4.69) is 20.6 Å². The van der Waals surface area contributed by atoms with Gasteiger partial charge in [-0.2, -0.15) is 0 Å². The van der Waals surface area contributed by atoms with Crippen molar-refractivity contribution in [2.45, 2.75) is 58.3 Å². The first-order chi connectivity index (χ1) is 14.2. The van der Waals surface area contributed by atoms with E-state index in [0.29, 0.717) is 11.4 Å². The summed E-state index contributed by atoms with van der Waals surface area (Å²) in [7, 11) is 0. The van der Waals surface area contributed by atoms with Crippen molar-refractivity contribution in [3.05, 3.63) is 47.0 Å². The van der Waals surface area contributed by atoms with Crippen LogP contribution >= 0.6 is 0 Å². The van der Waals surface area contributed by atoms with Crippen LogP contribution in [0.25, 0.3) is 0 Å². The van der Waals surface area contributed by atoms with Crippen LogP contribution in [0.4, 0.5) is 5.69 Å². The Bertz CT molecular complexity index is 949. The first-order valence-corrected chi connectivity index (χ1v) is 9.75. The number of aromatic nitrogens is 2. The molecule has 4 N–H and O–H groups in total. The summed E-state index contributed by atoms with van der Waals surface area (Å²) < 4.78 is 5.20. The molecule has 2 aromatic rings. The Morgan fingerprint density at radius 3 is 2.43 bits per heavy atom. The van der Waals surface area contributed by atoms with Crippen molar-refractivity contribution in [1.29, 1.82) is 0 Å². The fraction of sp³-hybridized carbons (Fsp3) is 0.429. The lowest BCUT2D eigenvalue weighted by Gasteiger charge is -2.20. The number of imidazole rings is 1. The predicted molar refractivity (Wildman–Crippen MR) is 109 cm³/mol. The number of benzene rings is 1. The number of rotatable bonds is 8. The number of carbonyl (C=O) groups excluding carboxylic acids is 2. The van der Waals surface area contributed by atoms with Crippen molar-refractivity contribution >= 4 is 23.5 Å². The predicted octanol–water partition coefficient (Wildman–Crippen LogP) is 1.63. The maximum absolute atomic E-state index is 13.1. The van der Waals surface area contributed by atoms with E-state index in [4.69, 9.17) is 4.74 Å². The number of carboxylic acid groups (broad SMARTS) is 1. The van der Waals surface area contributed by atoms with Gasteiger partial charge in [0, 0.05) is 24.0 Å². The zero-order chi connectivity index (χ0) is 22.1. The second kappa shape index (κ2) is 8.27. The van der Waals surface area contributed by atoms with Crippen LogP contribution < -0.4 is 10.6 Å². The first kappa shape index (κ1) is 21.5. The molecule has 9 heteroatoms. The van der Waals surface area contributed by atoms with Crippen LogP contribution in [0.3, 0.4) is 0 Å². The molecule has 0 radical (unpaired) electrons. The topological polar surface area (TPSA) is 137 Å². The molecule has 1 aromatic carbocycles. The molecule has 2 heterocycles. The Morgan fingerprint density at radius 2 is 1.93 bits per heavy atom. The summed E-state index contributed by atoms with van der Waals surface area (Å²) in [4.78, 5) is 44.0. The van der Waals surface area contributed by atoms with Gasteiger partial charge in [0.25, 0.3) is 5.91 Å². The first-order valence-electron chi connectivity index (χ1n) is 9.75. The molecule has 3 rings (SSSR count). The molecule has 9 nitrogen and oxygen atoms in total. The molecule has 0 saturated carbocycles. The molecule has 160 valence electrons. The van der Waals surface area contributed by atoms with Crippen molar-refractivity contribution in [1.82, 2.24) is 15.3 Å². The van der Waals surface area contributed by atoms with Crippen molar-refractivity contribution in [3.8, 4) is 0 Å². The van der Waals surface area contributed by atoms with Crippen LogP contribution in [0.5, 0.6) is 0 Å². The van der Waals surface area contributed by atoms with Gasteiger partial charge in [-0.05, 0) is 38.3 Å². The number of nitrogens with zero attached hydrogens (tertiary/aromatic N) is 1. The van der Waals surface area contributed by atoms with Gasteiger partial charge in [0.1, 0.15) is 6.04 Å². The number of carbonyl (C=O) groups is 3. The molecule has 30 heavy (non-hydrogen) atoms. The Balaban J connectivity index is 1.78. The van der Waals surface area contributed by atoms with Gasteiger partial charge in [0.2, 0.25) is 11.5 Å². The quantitative estimate of drug-likeness (QED) is 0.485. The fourth-order valence-corrected chi connectivity index (χ4v) is 3.68. The monoisotopic (exact) mass is 414 g/mol. The summed E-state index contributed by atoms with van der Waals surface area (Å²) in [6.45, 7) is 7.42. The van der Waals surface area contributed by atoms with E-state index in [-0.39, 0.29) is 12.8 Å². The lowest BCUT2D eigenvalue weighted by atomic mass is 10.0. The van der Waals surface area contributed by atoms with E-state index in [1.165, 1.54) is 6.33 Å². The number of aliphatic carboxylic acids is 1. The maximum atomic E-state index is 13.1. The Hall–Kier alpha value is -3.20. The molecule has 0 aliphatic carbocycles. The number of ether oxygens (including phenoxy) is 1. The largest absolute Gasteiger partial charge is 0.479 e. The smallest absolute Gasteiger partial charge is 0.339 e. The zero-order valence-corrected chi connectivity index (χ0v) is 17.4. The van der Waals surface area contributed by atoms with Crippen molar-refractivity contribution in [2.24, 2.45) is 0 Å². The van der Waals surface area contributed by atoms with Crippen LogP contribution in [0, 0.1) is 20.8 Å². The van der Waals surface area contributed by atoms with E-state index in [1.807, 2.05) is 32.9 Å². The number of aryl methyl sites for hydroxylation is 3. The van der Waals surface area contributed by atoms with Crippen LogP contribution in [0.1, 0.15) is 35.7 Å². The number of hydrogen-bond donors (Lipinski definition) is 4. The average Bonchev–Trinajstić information content (AvgIpc) is 3.24. The van der Waals surface area contributed by atoms with Crippen LogP contribution in [0.2, 0.25) is 0 Å². The number of amides is 2. The van der Waals surface area contributed by atoms with Crippen molar-refractivity contribution < 1.29 is 24.2 Å². The van der Waals surface area contributed by atoms with Crippen molar-refractivity contribution in [2.75, 3.05) is 5.32 Å². The van der Waals surface area contributed by atoms with E-state index in [0.717, 1.165) is 16.7 Å². The van der Waals surface area contributed by atoms with Gasteiger partial charge in [-0.25, -0.2) is 9.78 Å². The SMILES string of the molecule is CCC1(C(=O)O)OC1C(=O)N[C@@H](Cc1cnc[nH]1)C(=O)Nc1c(C)cc(C)cc1C. The number of anilines is 1. The molecular weight excluding hydrogens is 388 g/mol. The Morgan fingerprint density at radius 1 is 1.27 bits per heavy atom. The highest BCUT2D eigenvalue weighted by molar-refractivity contribution is 6.01. The standard InChI is InChI=1S/C21H26N4O5/c1-5-21(20(28)29)17(30-21)19(27)24-15(8-14-9-22-10-23-14)18(26)25-16-12(3)6-11(2)7-13(16)4/h6-7,9-10,15,17H,5,8H2,1-4H3,(H,22,23)(H,24,27)(H,25,26)(H,28,29)/t15-,17?,21?/m0/s1. The zero-order valence-electron chi connectivity index (χ0n) is 17.4. The van der Waals surface area contributed by atoms with Gasteiger partial charge in [0.15, 0.2) is 6.10 Å². The van der Waals surface area contributed by atoms with Crippen LogP contribution in [-0.2, 0) is 25.5 Å². The van der Waals surface area contributed by atoms with E-state index in [1.54, 1.807) is 13.1 Å². The Kier molecular flexibility index (Phi) is 5.93. The third-order valence-corrected chi connectivity index (χ3v) is 5.36. The Labute approximate surface area is 174 Å². The highest BCUT2D eigenvalue weighted by atomic mass is 16.6. The lowest BCUT2D eigenvalue weighted by molar-refractivity contribution is -0.143. The molecule has 1 saturated heterocycles. The summed E-state index contributed by atoms with van der Waals surface area (Å²) in [6, 6.07) is 2.99. The van der Waals surface area contributed by atoms with Crippen LogP contribution in [0.15, 0.2) is 24.7 Å². The lowest BCUT2D eigenvalue weighted by Crippen LogP contribution is -2.48. The molecule has 2 amide bonds. The molecule has 0 bridgehead atoms. The van der Waals surface area contributed by atoms with Gasteiger partial charge >= 0.3 is 5.97 Å². The molecule has 1 aromatic heterocycles. The molecule has 3 atom stereocenters. The summed E-state index contributed by atoms with van der Waals surface area (Å²) in [5.41, 5.74) is 2.72. The molecule has 1 aliphatic rings. The third-order valence-electron chi connectivity index (χ3n) is 5.36. The number of nitrogens with one attached hydrogen (secondary N) is 3. The van der Waals surface area contributed by atoms with Crippen molar-refractivity contribution in [3.63, 3.8) is 0 Å². The molecule has 1 fully saturated rings. The molecule has 1 aliphatic heterocycles. The molecular formula is C21H26N4O5. The average molecular weight is 414 g/mol. The summed E-state index contributed by atoms with van der Waals surface area (Å²) in [6.07, 6.45) is 2.24. The summed E-state index contributed by atoms with van der Waals surface area (Å²) in [5.74, 6) is -2.23. The number of H-pyrrole nitrogens is 1. The second-order valence-corrected chi connectivity index (χ2v) is 7.65. The highest BCUT2D eigenvalue weighted by Gasteiger charge is 2.65. The van der Waals surface area contributed by atoms with Gasteiger partial charge in [-0.3, -0.25) is 9.59 Å². The number of epoxide rings is 1. The van der Waals surface area contributed by atoms with E-state index in [9.17, 15) is 19.5 Å². The number of hydrogen-bond acceptors (Lipinski definition) is 5. The molecule has 0 spiro atoms. The number of aromatic amines is 1. The van der Waals surface area contributed by atoms with Gasteiger partial charge < -0.3 is 25.5 Å². The van der Waals surface area contributed by atoms with Crippen LogP contribution in [-0.4, -0.2) is 50.6 Å². The second-order valence-electron chi connectivity index (χ2n) is 7.65. The fourth-order valence-electron chi connectivity index (χ4n) is 3.68. The van der Waals surface area contributed by atoms with Gasteiger partial charge in [-0.1, -0.05) is 24.6 Å². The normalized spacial score (nSPS) is 21.0. The van der Waals surface area contributed by atoms with E-state index >= 15 is 0 Å². The minimum Gasteiger partial charge on any atom is -0.479 e.